The van der Waals surface area contributed by atoms with Gasteiger partial charge in [-0.3, -0.25) is 4.79 Å². The van der Waals surface area contributed by atoms with Crippen molar-refractivity contribution < 1.29 is 32.5 Å². The van der Waals surface area contributed by atoms with Gasteiger partial charge in [-0.25, -0.2) is 0 Å². The van der Waals surface area contributed by atoms with E-state index in [1.54, 1.807) is 18.2 Å². The molecule has 7 heteroatoms. The van der Waals surface area contributed by atoms with Crippen molar-refractivity contribution in [3.8, 4) is 0 Å². The molecule has 0 saturated heterocycles. The number of hydrogen-bond donors (Lipinski definition) is 1. The van der Waals surface area contributed by atoms with Gasteiger partial charge < -0.3 is 14.6 Å². The van der Waals surface area contributed by atoms with Crippen LogP contribution >= 0.6 is 0 Å². The van der Waals surface area contributed by atoms with Gasteiger partial charge in [-0.2, -0.15) is 13.2 Å². The van der Waals surface area contributed by atoms with Crippen LogP contribution in [0.1, 0.15) is 5.56 Å². The number of halogens is 3. The summed E-state index contributed by atoms with van der Waals surface area (Å²) in [6, 6.07) is 7.94. The lowest BCUT2D eigenvalue weighted by Gasteiger charge is -2.38. The molecule has 2 unspecified atom stereocenters. The minimum Gasteiger partial charge on any atom is -0.498 e. The first kappa shape index (κ1) is 17.1. The molecule has 124 valence electrons. The maximum absolute atomic E-state index is 13.4. The van der Waals surface area contributed by atoms with Crippen LogP contribution in [-0.2, 0) is 19.7 Å². The molecule has 1 aromatic carbocycles. The Kier molecular flexibility index (Phi) is 4.26. The molecular weight excluding hydrogens is 313 g/mol. The van der Waals surface area contributed by atoms with Gasteiger partial charge in [0, 0.05) is 7.11 Å². The fourth-order valence-corrected chi connectivity index (χ4v) is 2.57. The van der Waals surface area contributed by atoms with Crippen LogP contribution in [0.3, 0.4) is 0 Å². The zero-order valence-corrected chi connectivity index (χ0v) is 12.4. The van der Waals surface area contributed by atoms with E-state index in [9.17, 15) is 23.1 Å². The molecule has 4 nitrogen and oxygen atoms in total. The van der Waals surface area contributed by atoms with Crippen LogP contribution in [0.5, 0.6) is 0 Å². The zero-order valence-electron chi connectivity index (χ0n) is 12.4. The Morgan fingerprint density at radius 1 is 1.13 bits per heavy atom. The van der Waals surface area contributed by atoms with Gasteiger partial charge in [-0.1, -0.05) is 36.4 Å². The van der Waals surface area contributed by atoms with Crippen LogP contribution in [0.2, 0.25) is 0 Å². The van der Waals surface area contributed by atoms with Gasteiger partial charge >= 0.3 is 12.1 Å². The summed E-state index contributed by atoms with van der Waals surface area (Å²) in [5.74, 6) is -1.94. The number of methoxy groups -OCH3 is 2. The fourth-order valence-electron chi connectivity index (χ4n) is 2.57. The highest BCUT2D eigenvalue weighted by Crippen LogP contribution is 2.46. The third kappa shape index (κ3) is 2.50. The predicted molar refractivity (Wildman–Crippen MR) is 75.8 cm³/mol. The molecule has 0 fully saturated rings. The summed E-state index contributed by atoms with van der Waals surface area (Å²) in [5, 5.41) is 9.63. The van der Waals surface area contributed by atoms with Gasteiger partial charge in [0.1, 0.15) is 11.2 Å². The standard InChI is InChI=1S/C16H15F3O4/c1-22-12-10-14(13(20)21,11-6-4-3-5-7-11)8-9-15(12,23-2)16(17,18)19/h3-10H,1-2H3,(H,20,21). The Morgan fingerprint density at radius 2 is 1.74 bits per heavy atom. The summed E-state index contributed by atoms with van der Waals surface area (Å²) in [6.07, 6.45) is -2.21. The molecular formula is C16H15F3O4. The van der Waals surface area contributed by atoms with E-state index in [4.69, 9.17) is 4.74 Å². The van der Waals surface area contributed by atoms with Crippen molar-refractivity contribution in [2.75, 3.05) is 14.2 Å². The van der Waals surface area contributed by atoms with E-state index in [1.165, 1.54) is 12.1 Å². The predicted octanol–water partition coefficient (Wildman–Crippen LogP) is 3.06. The number of benzene rings is 1. The lowest BCUT2D eigenvalue weighted by atomic mass is 9.74. The molecule has 0 saturated carbocycles. The topological polar surface area (TPSA) is 55.8 Å². The largest absolute Gasteiger partial charge is 0.498 e. The number of carboxylic acid groups (broad SMARTS) is 1. The Bertz CT molecular complexity index is 651. The smallest absolute Gasteiger partial charge is 0.428 e. The first-order valence-corrected chi connectivity index (χ1v) is 6.62. The van der Waals surface area contributed by atoms with Crippen LogP contribution in [0.4, 0.5) is 13.2 Å². The van der Waals surface area contributed by atoms with E-state index >= 15 is 0 Å². The summed E-state index contributed by atoms with van der Waals surface area (Å²) in [7, 11) is 1.93. The second kappa shape index (κ2) is 5.73. The second-order valence-electron chi connectivity index (χ2n) is 5.02. The van der Waals surface area contributed by atoms with E-state index in [-0.39, 0.29) is 0 Å². The molecule has 0 amide bonds. The molecule has 1 N–H and O–H groups in total. The van der Waals surface area contributed by atoms with Gasteiger partial charge in [-0.15, -0.1) is 0 Å². The number of carboxylic acids is 1. The Balaban J connectivity index is 2.69. The summed E-state index contributed by atoms with van der Waals surface area (Å²) >= 11 is 0. The molecule has 1 aliphatic rings. The fraction of sp³-hybridized carbons (Fsp3) is 0.312. The third-order valence-electron chi connectivity index (χ3n) is 3.87. The molecule has 0 aliphatic heterocycles. The molecule has 2 atom stereocenters. The van der Waals surface area contributed by atoms with Crippen LogP contribution in [0, 0.1) is 0 Å². The maximum Gasteiger partial charge on any atom is 0.428 e. The molecule has 0 spiro atoms. The van der Waals surface area contributed by atoms with E-state index in [0.29, 0.717) is 11.6 Å². The monoisotopic (exact) mass is 328 g/mol. The molecule has 0 heterocycles. The van der Waals surface area contributed by atoms with Crippen molar-refractivity contribution in [2.24, 2.45) is 0 Å². The van der Waals surface area contributed by atoms with Gasteiger partial charge in [0.05, 0.1) is 7.11 Å². The number of alkyl halides is 3. The van der Waals surface area contributed by atoms with E-state index in [1.807, 2.05) is 0 Å². The van der Waals surface area contributed by atoms with E-state index in [2.05, 4.69) is 4.74 Å². The molecule has 0 radical (unpaired) electrons. The molecule has 0 bridgehead atoms. The van der Waals surface area contributed by atoms with Crippen LogP contribution < -0.4 is 0 Å². The van der Waals surface area contributed by atoms with E-state index in [0.717, 1.165) is 26.4 Å². The number of ether oxygens (including phenoxy) is 2. The normalized spacial score (nSPS) is 27.4. The lowest BCUT2D eigenvalue weighted by molar-refractivity contribution is -0.245. The van der Waals surface area contributed by atoms with Crippen molar-refractivity contribution in [1.82, 2.24) is 0 Å². The van der Waals surface area contributed by atoms with Crippen LogP contribution in [-0.4, -0.2) is 37.1 Å². The van der Waals surface area contributed by atoms with Crippen LogP contribution in [0.25, 0.3) is 0 Å². The Labute approximate surface area is 130 Å². The van der Waals surface area contributed by atoms with Crippen molar-refractivity contribution in [2.45, 2.75) is 17.2 Å². The third-order valence-corrected chi connectivity index (χ3v) is 3.87. The Hall–Kier alpha value is -2.28. The number of carbonyl (C=O) groups is 1. The Morgan fingerprint density at radius 3 is 2.17 bits per heavy atom. The number of aliphatic carboxylic acids is 1. The van der Waals surface area contributed by atoms with E-state index < -0.39 is 28.9 Å². The molecule has 2 rings (SSSR count). The molecule has 1 aromatic rings. The average molecular weight is 328 g/mol. The highest BCUT2D eigenvalue weighted by molar-refractivity contribution is 5.87. The highest BCUT2D eigenvalue weighted by Gasteiger charge is 2.61. The minimum atomic E-state index is -4.80. The van der Waals surface area contributed by atoms with Crippen molar-refractivity contribution in [3.63, 3.8) is 0 Å². The summed E-state index contributed by atoms with van der Waals surface area (Å²) in [5.41, 5.74) is -4.26. The van der Waals surface area contributed by atoms with Gasteiger partial charge in [-0.05, 0) is 17.7 Å². The molecule has 1 aliphatic carbocycles. The molecule has 23 heavy (non-hydrogen) atoms. The number of hydrogen-bond acceptors (Lipinski definition) is 3. The summed E-state index contributed by atoms with van der Waals surface area (Å²) < 4.78 is 49.8. The van der Waals surface area contributed by atoms with Crippen LogP contribution in [0.15, 0.2) is 54.3 Å². The van der Waals surface area contributed by atoms with Gasteiger partial charge in [0.2, 0.25) is 5.60 Å². The summed E-state index contributed by atoms with van der Waals surface area (Å²) in [4.78, 5) is 11.8. The zero-order chi connectivity index (χ0) is 17.3. The van der Waals surface area contributed by atoms with Crippen molar-refractivity contribution >= 4 is 5.97 Å². The summed E-state index contributed by atoms with van der Waals surface area (Å²) in [6.45, 7) is 0. The quantitative estimate of drug-likeness (QED) is 0.863. The first-order chi connectivity index (χ1) is 10.7. The van der Waals surface area contributed by atoms with Gasteiger partial charge in [0.15, 0.2) is 0 Å². The second-order valence-corrected chi connectivity index (χ2v) is 5.02. The average Bonchev–Trinajstić information content (AvgIpc) is 2.53. The highest BCUT2D eigenvalue weighted by atomic mass is 19.4. The lowest BCUT2D eigenvalue weighted by Crippen LogP contribution is -2.51. The minimum absolute atomic E-state index is 0.310. The SMILES string of the molecule is COC1=CC(C(=O)O)(c2ccccc2)C=CC1(OC)C(F)(F)F. The number of rotatable bonds is 4. The maximum atomic E-state index is 13.4. The van der Waals surface area contributed by atoms with Crippen molar-refractivity contribution in [3.05, 3.63) is 59.9 Å². The van der Waals surface area contributed by atoms with Crippen molar-refractivity contribution in [1.29, 1.82) is 0 Å². The van der Waals surface area contributed by atoms with Gasteiger partial charge in [0.25, 0.3) is 0 Å². The molecule has 0 aromatic heterocycles. The first-order valence-electron chi connectivity index (χ1n) is 6.62.